The number of ketones is 1. The van der Waals surface area contributed by atoms with E-state index >= 15 is 0 Å². The first-order valence-corrected chi connectivity index (χ1v) is 6.34. The third-order valence-electron chi connectivity index (χ3n) is 3.05. The van der Waals surface area contributed by atoms with Crippen LogP contribution in [0.4, 0.5) is 0 Å². The number of benzene rings is 2. The maximum atomic E-state index is 12.1. The zero-order valence-electron chi connectivity index (χ0n) is 11.5. The third-order valence-corrected chi connectivity index (χ3v) is 3.05. The van der Waals surface area contributed by atoms with Gasteiger partial charge in [-0.1, -0.05) is 35.9 Å². The third kappa shape index (κ3) is 3.04. The summed E-state index contributed by atoms with van der Waals surface area (Å²) < 4.78 is 5.46. The fourth-order valence-corrected chi connectivity index (χ4v) is 2.03. The number of ether oxygens (including phenoxy) is 1. The van der Waals surface area contributed by atoms with Gasteiger partial charge in [0.15, 0.2) is 12.4 Å². The molecule has 0 aliphatic rings. The van der Waals surface area contributed by atoms with Crippen LogP contribution in [0.5, 0.6) is 5.75 Å². The second-order valence-corrected chi connectivity index (χ2v) is 4.64. The molecule has 3 heteroatoms. The molecule has 0 amide bonds. The molecule has 0 saturated heterocycles. The molecule has 0 N–H and O–H groups in total. The quantitative estimate of drug-likeness (QED) is 0.796. The summed E-state index contributed by atoms with van der Waals surface area (Å²) in [6.45, 7) is 3.83. The van der Waals surface area contributed by atoms with Gasteiger partial charge in [0.25, 0.3) is 0 Å². The zero-order valence-corrected chi connectivity index (χ0v) is 11.5. The van der Waals surface area contributed by atoms with E-state index in [1.807, 2.05) is 38.1 Å². The summed E-state index contributed by atoms with van der Waals surface area (Å²) in [5.74, 6) is 0.350. The van der Waals surface area contributed by atoms with Crippen LogP contribution < -0.4 is 4.74 Å². The first-order valence-electron chi connectivity index (χ1n) is 6.34. The van der Waals surface area contributed by atoms with E-state index in [0.717, 1.165) is 11.1 Å². The van der Waals surface area contributed by atoms with E-state index < -0.39 is 0 Å². The second-order valence-electron chi connectivity index (χ2n) is 4.64. The molecular weight excluding hydrogens is 250 g/mol. The molecule has 0 fully saturated rings. The average Bonchev–Trinajstić information content (AvgIpc) is 2.45. The van der Waals surface area contributed by atoms with Crippen LogP contribution in [-0.2, 0) is 0 Å². The molecule has 2 aromatic rings. The number of nitrogens with zero attached hydrogens (tertiary/aromatic N) is 1. The molecule has 3 nitrogen and oxygen atoms in total. The molecular formula is C17H15NO2. The Balaban J connectivity index is 2.11. The van der Waals surface area contributed by atoms with Gasteiger partial charge < -0.3 is 4.74 Å². The number of carbonyl (C=O) groups excluding carboxylic acids is 1. The van der Waals surface area contributed by atoms with E-state index in [2.05, 4.69) is 0 Å². The summed E-state index contributed by atoms with van der Waals surface area (Å²) in [5.41, 5.74) is 3.15. The average molecular weight is 265 g/mol. The van der Waals surface area contributed by atoms with E-state index in [0.29, 0.717) is 16.9 Å². The number of Topliss-reactive ketones (excluding diaryl/α,β-unsaturated/α-hetero) is 1. The van der Waals surface area contributed by atoms with Crippen LogP contribution in [-0.4, -0.2) is 12.4 Å². The van der Waals surface area contributed by atoms with Crippen LogP contribution in [0.2, 0.25) is 0 Å². The molecule has 0 spiro atoms. The molecule has 0 aromatic heterocycles. The van der Waals surface area contributed by atoms with Crippen molar-refractivity contribution in [3.63, 3.8) is 0 Å². The molecule has 100 valence electrons. The lowest BCUT2D eigenvalue weighted by atomic mass is 10.0. The normalized spacial score (nSPS) is 9.85. The van der Waals surface area contributed by atoms with Gasteiger partial charge in [0, 0.05) is 5.56 Å². The van der Waals surface area contributed by atoms with Gasteiger partial charge in [-0.05, 0) is 31.5 Å². The highest BCUT2D eigenvalue weighted by atomic mass is 16.5. The molecule has 0 aliphatic heterocycles. The Morgan fingerprint density at radius 1 is 1.20 bits per heavy atom. The number of rotatable bonds is 4. The smallest absolute Gasteiger partial charge is 0.200 e. The van der Waals surface area contributed by atoms with Crippen molar-refractivity contribution >= 4 is 5.78 Å². The molecule has 0 saturated carbocycles. The summed E-state index contributed by atoms with van der Waals surface area (Å²) >= 11 is 0. The van der Waals surface area contributed by atoms with Gasteiger partial charge in [-0.2, -0.15) is 5.26 Å². The van der Waals surface area contributed by atoms with Gasteiger partial charge >= 0.3 is 0 Å². The van der Waals surface area contributed by atoms with Crippen LogP contribution in [0.25, 0.3) is 0 Å². The Morgan fingerprint density at radius 2 is 1.95 bits per heavy atom. The number of aryl methyl sites for hydroxylation is 2. The van der Waals surface area contributed by atoms with Crippen molar-refractivity contribution in [2.45, 2.75) is 13.8 Å². The monoisotopic (exact) mass is 265 g/mol. The Labute approximate surface area is 118 Å². The van der Waals surface area contributed by atoms with Gasteiger partial charge in [-0.25, -0.2) is 0 Å². The van der Waals surface area contributed by atoms with Gasteiger partial charge in [0.05, 0.1) is 5.56 Å². The van der Waals surface area contributed by atoms with Crippen molar-refractivity contribution in [1.29, 1.82) is 5.26 Å². The topological polar surface area (TPSA) is 50.1 Å². The Bertz CT molecular complexity index is 684. The number of carbonyl (C=O) groups is 1. The number of nitriles is 1. The van der Waals surface area contributed by atoms with E-state index in [9.17, 15) is 4.79 Å². The van der Waals surface area contributed by atoms with Gasteiger partial charge in [0.1, 0.15) is 11.8 Å². The van der Waals surface area contributed by atoms with E-state index in [1.54, 1.807) is 24.3 Å². The fraction of sp³-hybridized carbons (Fsp3) is 0.176. The maximum absolute atomic E-state index is 12.1. The standard InChI is InChI=1S/C17H15NO2/c1-12-7-8-15(13(2)9-12)16(19)11-20-17-6-4-3-5-14(17)10-18/h3-9H,11H2,1-2H3. The summed E-state index contributed by atoms with van der Waals surface area (Å²) in [7, 11) is 0. The first kappa shape index (κ1) is 13.8. The molecule has 0 atom stereocenters. The summed E-state index contributed by atoms with van der Waals surface area (Å²) in [6.07, 6.45) is 0. The van der Waals surface area contributed by atoms with Gasteiger partial charge in [-0.15, -0.1) is 0 Å². The van der Waals surface area contributed by atoms with Crippen molar-refractivity contribution in [2.75, 3.05) is 6.61 Å². The van der Waals surface area contributed by atoms with E-state index in [1.165, 1.54) is 0 Å². The summed E-state index contributed by atoms with van der Waals surface area (Å²) in [4.78, 5) is 12.1. The molecule has 2 rings (SSSR count). The maximum Gasteiger partial charge on any atom is 0.200 e. The second kappa shape index (κ2) is 6.03. The Kier molecular flexibility index (Phi) is 4.17. The predicted octanol–water partition coefficient (Wildman–Crippen LogP) is 3.44. The first-order chi connectivity index (χ1) is 9.61. The van der Waals surface area contributed by atoms with E-state index in [-0.39, 0.29) is 12.4 Å². The molecule has 0 unspecified atom stereocenters. The number of para-hydroxylation sites is 1. The minimum Gasteiger partial charge on any atom is -0.484 e. The van der Waals surface area contributed by atoms with Crippen molar-refractivity contribution in [3.8, 4) is 11.8 Å². The van der Waals surface area contributed by atoms with Crippen LogP contribution in [0.3, 0.4) is 0 Å². The highest BCUT2D eigenvalue weighted by molar-refractivity contribution is 5.98. The zero-order chi connectivity index (χ0) is 14.5. The van der Waals surface area contributed by atoms with Gasteiger partial charge in [0.2, 0.25) is 0 Å². The molecule has 2 aromatic carbocycles. The lowest BCUT2D eigenvalue weighted by molar-refractivity contribution is 0.0920. The van der Waals surface area contributed by atoms with Crippen molar-refractivity contribution < 1.29 is 9.53 Å². The fourth-order valence-electron chi connectivity index (χ4n) is 2.03. The molecule has 0 aliphatic carbocycles. The molecule has 20 heavy (non-hydrogen) atoms. The van der Waals surface area contributed by atoms with Crippen molar-refractivity contribution in [3.05, 3.63) is 64.7 Å². The summed E-state index contributed by atoms with van der Waals surface area (Å²) in [6, 6.07) is 14.6. The van der Waals surface area contributed by atoms with Crippen LogP contribution >= 0.6 is 0 Å². The van der Waals surface area contributed by atoms with Crippen molar-refractivity contribution in [1.82, 2.24) is 0 Å². The number of hydrogen-bond acceptors (Lipinski definition) is 3. The molecule has 0 bridgehead atoms. The van der Waals surface area contributed by atoms with Gasteiger partial charge in [-0.3, -0.25) is 4.79 Å². The SMILES string of the molecule is Cc1ccc(C(=O)COc2ccccc2C#N)c(C)c1. The van der Waals surface area contributed by atoms with E-state index in [4.69, 9.17) is 10.00 Å². The molecule has 0 heterocycles. The largest absolute Gasteiger partial charge is 0.484 e. The van der Waals surface area contributed by atoms with Crippen LogP contribution in [0.15, 0.2) is 42.5 Å². The minimum absolute atomic E-state index is 0.0669. The Morgan fingerprint density at radius 3 is 2.65 bits per heavy atom. The predicted molar refractivity (Wildman–Crippen MR) is 76.9 cm³/mol. The van der Waals surface area contributed by atoms with Crippen molar-refractivity contribution in [2.24, 2.45) is 0 Å². The Hall–Kier alpha value is -2.60. The summed E-state index contributed by atoms with van der Waals surface area (Å²) in [5, 5.41) is 8.96. The lowest BCUT2D eigenvalue weighted by Crippen LogP contribution is -2.13. The highest BCUT2D eigenvalue weighted by Gasteiger charge is 2.11. The molecule has 0 radical (unpaired) electrons. The van der Waals surface area contributed by atoms with Crippen LogP contribution in [0, 0.1) is 25.2 Å². The van der Waals surface area contributed by atoms with Crippen LogP contribution in [0.1, 0.15) is 27.0 Å². The lowest BCUT2D eigenvalue weighted by Gasteiger charge is -2.09. The highest BCUT2D eigenvalue weighted by Crippen LogP contribution is 2.17. The minimum atomic E-state index is -0.0877. The number of hydrogen-bond donors (Lipinski definition) is 0.